The molecule has 5 aliphatic carbocycles. The fraction of sp³-hybridized carbons (Fsp3) is 1.00. The van der Waals surface area contributed by atoms with Gasteiger partial charge in [-0.05, 0) is 31.7 Å². The topological polar surface area (TPSA) is 91.6 Å². The molecule has 1 aliphatic heterocycles. The van der Waals surface area contributed by atoms with Gasteiger partial charge in [0, 0.05) is 74.8 Å². The predicted octanol–water partition coefficient (Wildman–Crippen LogP) is 0.502. The van der Waals surface area contributed by atoms with Gasteiger partial charge in [0.1, 0.15) is 0 Å². The second kappa shape index (κ2) is 6.65. The molecule has 31 heavy (non-hydrogen) atoms. The van der Waals surface area contributed by atoms with Gasteiger partial charge < -0.3 is 29.5 Å². The molecule has 0 aromatic carbocycles. The van der Waals surface area contributed by atoms with E-state index in [4.69, 9.17) is 14.2 Å². The first kappa shape index (κ1) is 21.3. The highest BCUT2D eigenvalue weighted by molar-refractivity contribution is 5.35. The molecule has 1 heterocycles. The van der Waals surface area contributed by atoms with Gasteiger partial charge in [-0.1, -0.05) is 6.92 Å². The van der Waals surface area contributed by atoms with E-state index in [0.717, 1.165) is 32.4 Å². The van der Waals surface area contributed by atoms with E-state index in [1.54, 1.807) is 21.3 Å². The maximum atomic E-state index is 12.5. The van der Waals surface area contributed by atoms with Crippen molar-refractivity contribution in [3.8, 4) is 0 Å². The molecule has 0 radical (unpaired) electrons. The Morgan fingerprint density at radius 1 is 1.10 bits per heavy atom. The molecular formula is C24H39NO6. The summed E-state index contributed by atoms with van der Waals surface area (Å²) in [6, 6.07) is 0.0561. The SMILES string of the molecule is CCN1C[C@]2(COC)CC[C@H](O)[C@]34C1[C@@H]([C@H](OC)[C@H]23)[C@@]1(O)C[C@H](OC)[C@H]2C[C@@H]4[C@@H]1[C@H]2O. The highest BCUT2D eigenvalue weighted by Crippen LogP contribution is 2.79. The average molecular weight is 438 g/mol. The highest BCUT2D eigenvalue weighted by atomic mass is 16.5. The van der Waals surface area contributed by atoms with Gasteiger partial charge in [-0.3, -0.25) is 4.90 Å². The molecular weight excluding hydrogens is 398 g/mol. The minimum atomic E-state index is -1.05. The van der Waals surface area contributed by atoms with Crippen molar-refractivity contribution in [2.75, 3.05) is 41.0 Å². The fourth-order valence-electron chi connectivity index (χ4n) is 10.7. The van der Waals surface area contributed by atoms with Crippen LogP contribution in [-0.2, 0) is 14.2 Å². The number of likely N-dealkylation sites (tertiary alicyclic amines) is 1. The summed E-state index contributed by atoms with van der Waals surface area (Å²) in [7, 11) is 5.24. The van der Waals surface area contributed by atoms with Crippen molar-refractivity contribution >= 4 is 0 Å². The van der Waals surface area contributed by atoms with Gasteiger partial charge in [0.2, 0.25) is 0 Å². The lowest BCUT2D eigenvalue weighted by molar-refractivity contribution is -0.272. The molecule has 1 spiro atoms. The summed E-state index contributed by atoms with van der Waals surface area (Å²) in [6.07, 6.45) is 1.65. The first-order valence-corrected chi connectivity index (χ1v) is 12.2. The number of hydrogen-bond acceptors (Lipinski definition) is 7. The third kappa shape index (κ3) is 2.12. The zero-order valence-corrected chi connectivity index (χ0v) is 19.2. The van der Waals surface area contributed by atoms with E-state index in [0.29, 0.717) is 13.0 Å². The summed E-state index contributed by atoms with van der Waals surface area (Å²) >= 11 is 0. The van der Waals surface area contributed by atoms with E-state index in [9.17, 15) is 15.3 Å². The smallest absolute Gasteiger partial charge is 0.0796 e. The fourth-order valence-corrected chi connectivity index (χ4v) is 10.7. The zero-order chi connectivity index (χ0) is 21.9. The number of piperidine rings is 1. The Morgan fingerprint density at radius 3 is 2.52 bits per heavy atom. The molecule has 6 aliphatic rings. The van der Waals surface area contributed by atoms with Crippen LogP contribution in [0.4, 0.5) is 0 Å². The predicted molar refractivity (Wildman–Crippen MR) is 112 cm³/mol. The van der Waals surface area contributed by atoms with Gasteiger partial charge in [0.05, 0.1) is 36.6 Å². The molecule has 6 rings (SSSR count). The zero-order valence-electron chi connectivity index (χ0n) is 19.2. The summed E-state index contributed by atoms with van der Waals surface area (Å²) in [4.78, 5) is 2.52. The number of rotatable bonds is 5. The van der Waals surface area contributed by atoms with Gasteiger partial charge >= 0.3 is 0 Å². The third-order valence-corrected chi connectivity index (χ3v) is 11.1. The molecule has 1 saturated heterocycles. The maximum absolute atomic E-state index is 12.5. The van der Waals surface area contributed by atoms with Crippen LogP contribution < -0.4 is 0 Å². The minimum absolute atomic E-state index is 0.0248. The molecule has 5 saturated carbocycles. The van der Waals surface area contributed by atoms with Crippen LogP contribution in [0.3, 0.4) is 0 Å². The number of methoxy groups -OCH3 is 3. The van der Waals surface area contributed by atoms with Crippen molar-refractivity contribution in [3.63, 3.8) is 0 Å². The molecule has 1 unspecified atom stereocenters. The van der Waals surface area contributed by atoms with Crippen molar-refractivity contribution in [1.82, 2.24) is 4.90 Å². The van der Waals surface area contributed by atoms with Crippen LogP contribution in [0.2, 0.25) is 0 Å². The normalized spacial score (nSPS) is 61.6. The van der Waals surface area contributed by atoms with Crippen LogP contribution in [0.1, 0.15) is 32.6 Å². The third-order valence-electron chi connectivity index (χ3n) is 11.1. The Hall–Kier alpha value is -0.280. The van der Waals surface area contributed by atoms with Crippen molar-refractivity contribution in [2.24, 2.45) is 40.4 Å². The molecule has 176 valence electrons. The lowest BCUT2D eigenvalue weighted by atomic mass is 9.43. The molecule has 13 atom stereocenters. The van der Waals surface area contributed by atoms with Crippen LogP contribution in [0, 0.1) is 40.4 Å². The number of ether oxygens (including phenoxy) is 3. The lowest BCUT2D eigenvalue weighted by Gasteiger charge is -2.68. The quantitative estimate of drug-likeness (QED) is 0.577. The first-order valence-electron chi connectivity index (χ1n) is 12.2. The molecule has 0 amide bonds. The first-order chi connectivity index (χ1) is 14.9. The Kier molecular flexibility index (Phi) is 4.56. The van der Waals surface area contributed by atoms with Gasteiger partial charge in [-0.2, -0.15) is 0 Å². The van der Waals surface area contributed by atoms with Crippen LogP contribution in [0.5, 0.6) is 0 Å². The van der Waals surface area contributed by atoms with Gasteiger partial charge in [-0.15, -0.1) is 0 Å². The van der Waals surface area contributed by atoms with E-state index in [2.05, 4.69) is 11.8 Å². The molecule has 7 bridgehead atoms. The van der Waals surface area contributed by atoms with Crippen molar-refractivity contribution in [2.45, 2.75) is 68.7 Å². The van der Waals surface area contributed by atoms with Crippen LogP contribution in [0.25, 0.3) is 0 Å². The minimum Gasteiger partial charge on any atom is -0.392 e. The van der Waals surface area contributed by atoms with Gasteiger partial charge in [-0.25, -0.2) is 0 Å². The van der Waals surface area contributed by atoms with Crippen molar-refractivity contribution < 1.29 is 29.5 Å². The number of hydrogen-bond donors (Lipinski definition) is 3. The van der Waals surface area contributed by atoms with E-state index in [1.807, 2.05) is 0 Å². The summed E-state index contributed by atoms with van der Waals surface area (Å²) < 4.78 is 18.0. The van der Waals surface area contributed by atoms with Gasteiger partial charge in [0.25, 0.3) is 0 Å². The largest absolute Gasteiger partial charge is 0.392 e. The van der Waals surface area contributed by atoms with Crippen molar-refractivity contribution in [1.29, 1.82) is 0 Å². The van der Waals surface area contributed by atoms with Crippen LogP contribution in [0.15, 0.2) is 0 Å². The molecule has 0 aromatic rings. The number of aliphatic hydroxyl groups is 3. The summed E-state index contributed by atoms with van der Waals surface area (Å²) in [6.45, 7) is 4.63. The summed E-state index contributed by atoms with van der Waals surface area (Å²) in [5.74, 6) is -0.168. The maximum Gasteiger partial charge on any atom is 0.0796 e. The lowest BCUT2D eigenvalue weighted by Crippen LogP contribution is -2.76. The highest BCUT2D eigenvalue weighted by Gasteiger charge is 2.86. The number of fused-ring (bicyclic) bond motifs is 2. The molecule has 6 fully saturated rings. The summed E-state index contributed by atoms with van der Waals surface area (Å²) in [5, 5.41) is 35.7. The molecule has 7 nitrogen and oxygen atoms in total. The standard InChI is InChI=1S/C24H39NO6/c1-5-25-10-22(11-29-2)7-6-15(26)24-13-8-12-14(30-3)9-23(28,16(13)18(12)27)17(21(24)25)19(31-4)20(22)24/h12-21,26-28H,5-11H2,1-4H3/t12-,13-,14+,15+,16-,17-,18+,19+,20-,21?,22+,23-,24+/m1/s1. The van der Waals surface area contributed by atoms with E-state index in [-0.39, 0.29) is 58.7 Å². The average Bonchev–Trinajstić information content (AvgIpc) is 3.16. The Labute approximate surface area is 185 Å². The molecule has 0 aromatic heterocycles. The second-order valence-electron chi connectivity index (χ2n) is 11.6. The Balaban J connectivity index is 1.62. The van der Waals surface area contributed by atoms with Gasteiger partial charge in [0.15, 0.2) is 0 Å². The summed E-state index contributed by atoms with van der Waals surface area (Å²) in [5.41, 5.74) is -1.54. The Bertz CT molecular complexity index is 752. The number of aliphatic hydroxyl groups excluding tert-OH is 2. The number of nitrogens with zero attached hydrogens (tertiary/aromatic N) is 1. The van der Waals surface area contributed by atoms with E-state index >= 15 is 0 Å². The van der Waals surface area contributed by atoms with Crippen molar-refractivity contribution in [3.05, 3.63) is 0 Å². The van der Waals surface area contributed by atoms with E-state index in [1.165, 1.54) is 0 Å². The van der Waals surface area contributed by atoms with E-state index < -0.39 is 17.8 Å². The molecule has 7 heteroatoms. The van der Waals surface area contributed by atoms with Crippen LogP contribution in [-0.4, -0.2) is 97.3 Å². The molecule has 3 N–H and O–H groups in total. The second-order valence-corrected chi connectivity index (χ2v) is 11.6. The monoisotopic (exact) mass is 437 g/mol. The van der Waals surface area contributed by atoms with Crippen LogP contribution >= 0.6 is 0 Å². The Morgan fingerprint density at radius 2 is 1.87 bits per heavy atom.